The molecule has 1 aromatic carbocycles. The summed E-state index contributed by atoms with van der Waals surface area (Å²) in [7, 11) is 0. The van der Waals surface area contributed by atoms with Crippen molar-refractivity contribution in [2.45, 2.75) is 70.7 Å². The van der Waals surface area contributed by atoms with Gasteiger partial charge in [-0.25, -0.2) is 9.59 Å². The van der Waals surface area contributed by atoms with E-state index in [9.17, 15) is 14.4 Å². The van der Waals surface area contributed by atoms with E-state index in [1.54, 1.807) is 20.8 Å². The number of hydrogen-bond donors (Lipinski definition) is 2. The molecule has 0 bridgehead atoms. The van der Waals surface area contributed by atoms with Gasteiger partial charge in [-0.3, -0.25) is 4.79 Å². The number of hydrogen-bond acceptors (Lipinski definition) is 5. The van der Waals surface area contributed by atoms with Crippen LogP contribution < -0.4 is 10.6 Å². The SMILES string of the molecule is CC1(NC(=O)C[C@H](NC(=O)OC(C)(C)C)C(=O)OCc2ccccc2)CC1. The van der Waals surface area contributed by atoms with Crippen molar-refractivity contribution in [2.24, 2.45) is 0 Å². The van der Waals surface area contributed by atoms with Crippen molar-refractivity contribution in [3.05, 3.63) is 35.9 Å². The van der Waals surface area contributed by atoms with Gasteiger partial charge in [-0.2, -0.15) is 0 Å². The Kier molecular flexibility index (Phi) is 6.46. The molecule has 0 aromatic heterocycles. The minimum Gasteiger partial charge on any atom is -0.459 e. The Bertz CT molecular complexity index is 656. The summed E-state index contributed by atoms with van der Waals surface area (Å²) in [5.41, 5.74) is -0.106. The first-order valence-corrected chi connectivity index (χ1v) is 9.07. The first-order valence-electron chi connectivity index (χ1n) is 9.07. The molecule has 1 atom stereocenters. The molecule has 1 aliphatic rings. The monoisotopic (exact) mass is 376 g/mol. The van der Waals surface area contributed by atoms with Gasteiger partial charge in [0, 0.05) is 5.54 Å². The van der Waals surface area contributed by atoms with Crippen LogP contribution in [0.15, 0.2) is 30.3 Å². The molecular weight excluding hydrogens is 348 g/mol. The third-order valence-corrected chi connectivity index (χ3v) is 4.03. The minimum atomic E-state index is -1.12. The van der Waals surface area contributed by atoms with Gasteiger partial charge in [0.05, 0.1) is 6.42 Å². The second-order valence-corrected chi connectivity index (χ2v) is 8.11. The molecule has 7 heteroatoms. The number of nitrogens with one attached hydrogen (secondary N) is 2. The zero-order chi connectivity index (χ0) is 20.1. The molecule has 2 amide bonds. The van der Waals surface area contributed by atoms with E-state index in [-0.39, 0.29) is 24.5 Å². The van der Waals surface area contributed by atoms with Crippen molar-refractivity contribution < 1.29 is 23.9 Å². The standard InChI is InChI=1S/C20H28N2O5/c1-19(2,3)27-18(25)21-15(12-16(23)22-20(4)10-11-20)17(24)26-13-14-8-6-5-7-9-14/h5-9,15H,10-13H2,1-4H3,(H,21,25)(H,22,23)/t15-/m0/s1. The fourth-order valence-electron chi connectivity index (χ4n) is 2.36. The Labute approximate surface area is 159 Å². The van der Waals surface area contributed by atoms with Crippen LogP contribution in [0.4, 0.5) is 4.79 Å². The van der Waals surface area contributed by atoms with E-state index in [0.717, 1.165) is 18.4 Å². The van der Waals surface area contributed by atoms with Gasteiger partial charge in [-0.15, -0.1) is 0 Å². The molecule has 0 radical (unpaired) electrons. The topological polar surface area (TPSA) is 93.7 Å². The maximum Gasteiger partial charge on any atom is 0.408 e. The van der Waals surface area contributed by atoms with Crippen LogP contribution in [0, 0.1) is 0 Å². The molecule has 1 saturated carbocycles. The number of benzene rings is 1. The van der Waals surface area contributed by atoms with Gasteiger partial charge < -0.3 is 20.1 Å². The summed E-state index contributed by atoms with van der Waals surface area (Å²) in [6, 6.07) is 8.06. The van der Waals surface area contributed by atoms with E-state index in [0.29, 0.717) is 0 Å². The van der Waals surface area contributed by atoms with Gasteiger partial charge in [0.25, 0.3) is 0 Å². The lowest BCUT2D eigenvalue weighted by atomic mass is 10.1. The fraction of sp³-hybridized carbons (Fsp3) is 0.550. The molecule has 0 aliphatic heterocycles. The van der Waals surface area contributed by atoms with Crippen molar-refractivity contribution in [3.63, 3.8) is 0 Å². The summed E-state index contributed by atoms with van der Waals surface area (Å²) >= 11 is 0. The van der Waals surface area contributed by atoms with Gasteiger partial charge in [-0.1, -0.05) is 30.3 Å². The van der Waals surface area contributed by atoms with Gasteiger partial charge in [0.15, 0.2) is 0 Å². The van der Waals surface area contributed by atoms with E-state index >= 15 is 0 Å². The Morgan fingerprint density at radius 3 is 2.33 bits per heavy atom. The third kappa shape index (κ3) is 7.68. The molecule has 2 rings (SSSR count). The van der Waals surface area contributed by atoms with Crippen LogP contribution in [0.2, 0.25) is 0 Å². The molecule has 2 N–H and O–H groups in total. The van der Waals surface area contributed by atoms with Crippen LogP contribution in [0.25, 0.3) is 0 Å². The lowest BCUT2D eigenvalue weighted by molar-refractivity contribution is -0.149. The van der Waals surface area contributed by atoms with Crippen LogP contribution in [-0.2, 0) is 25.7 Å². The highest BCUT2D eigenvalue weighted by molar-refractivity contribution is 5.88. The number of carbonyl (C=O) groups is 3. The normalized spacial score (nSPS) is 16.0. The number of esters is 1. The van der Waals surface area contributed by atoms with E-state index in [4.69, 9.17) is 9.47 Å². The second kappa shape index (κ2) is 8.41. The first kappa shape index (κ1) is 20.7. The number of ether oxygens (including phenoxy) is 2. The lowest BCUT2D eigenvalue weighted by Gasteiger charge is -2.23. The molecule has 1 aromatic rings. The van der Waals surface area contributed by atoms with Crippen molar-refractivity contribution in [3.8, 4) is 0 Å². The highest BCUT2D eigenvalue weighted by Gasteiger charge is 2.39. The van der Waals surface area contributed by atoms with E-state index in [2.05, 4.69) is 10.6 Å². The molecule has 0 spiro atoms. The van der Waals surface area contributed by atoms with Crippen molar-refractivity contribution in [1.82, 2.24) is 10.6 Å². The summed E-state index contributed by atoms with van der Waals surface area (Å²) in [5.74, 6) is -0.992. The molecule has 27 heavy (non-hydrogen) atoms. The van der Waals surface area contributed by atoms with Crippen molar-refractivity contribution in [1.29, 1.82) is 0 Å². The summed E-state index contributed by atoms with van der Waals surface area (Å²) in [6.07, 6.45) is 0.833. The van der Waals surface area contributed by atoms with Crippen LogP contribution in [-0.4, -0.2) is 35.2 Å². The predicted octanol–water partition coefficient (Wildman–Crippen LogP) is 2.68. The lowest BCUT2D eigenvalue weighted by Crippen LogP contribution is -2.47. The largest absolute Gasteiger partial charge is 0.459 e. The predicted molar refractivity (Wildman–Crippen MR) is 99.8 cm³/mol. The van der Waals surface area contributed by atoms with Crippen molar-refractivity contribution in [2.75, 3.05) is 0 Å². The summed E-state index contributed by atoms with van der Waals surface area (Å²) in [5, 5.41) is 5.32. The van der Waals surface area contributed by atoms with E-state index in [1.807, 2.05) is 37.3 Å². The molecule has 148 valence electrons. The van der Waals surface area contributed by atoms with Gasteiger partial charge in [-0.05, 0) is 46.1 Å². The van der Waals surface area contributed by atoms with Crippen LogP contribution in [0.5, 0.6) is 0 Å². The molecule has 7 nitrogen and oxygen atoms in total. The van der Waals surface area contributed by atoms with Gasteiger partial charge >= 0.3 is 12.1 Å². The summed E-state index contributed by atoms with van der Waals surface area (Å²) in [4.78, 5) is 36.8. The Balaban J connectivity index is 1.97. The zero-order valence-corrected chi connectivity index (χ0v) is 16.3. The van der Waals surface area contributed by atoms with Crippen LogP contribution >= 0.6 is 0 Å². The van der Waals surface area contributed by atoms with Gasteiger partial charge in [0.1, 0.15) is 18.2 Å². The summed E-state index contributed by atoms with van der Waals surface area (Å²) < 4.78 is 10.5. The molecule has 0 unspecified atom stereocenters. The average molecular weight is 376 g/mol. The molecule has 1 aliphatic carbocycles. The van der Waals surface area contributed by atoms with E-state index < -0.39 is 23.7 Å². The Morgan fingerprint density at radius 1 is 1.15 bits per heavy atom. The maximum atomic E-state index is 12.5. The van der Waals surface area contributed by atoms with E-state index in [1.165, 1.54) is 0 Å². The zero-order valence-electron chi connectivity index (χ0n) is 16.3. The highest BCUT2D eigenvalue weighted by atomic mass is 16.6. The number of alkyl carbamates (subject to hydrolysis) is 1. The van der Waals surface area contributed by atoms with Crippen LogP contribution in [0.3, 0.4) is 0 Å². The molecule has 0 saturated heterocycles. The minimum absolute atomic E-state index is 0.0610. The maximum absolute atomic E-state index is 12.5. The average Bonchev–Trinajstić information content (AvgIpc) is 3.27. The number of carbonyl (C=O) groups excluding carboxylic acids is 3. The first-order chi connectivity index (χ1) is 12.6. The highest BCUT2D eigenvalue weighted by Crippen LogP contribution is 2.34. The quantitative estimate of drug-likeness (QED) is 0.714. The molecule has 1 fully saturated rings. The van der Waals surface area contributed by atoms with Crippen LogP contribution in [0.1, 0.15) is 52.5 Å². The second-order valence-electron chi connectivity index (χ2n) is 8.11. The Morgan fingerprint density at radius 2 is 1.78 bits per heavy atom. The number of amides is 2. The Hall–Kier alpha value is -2.57. The number of rotatable bonds is 7. The molecular formula is C20H28N2O5. The fourth-order valence-corrected chi connectivity index (χ4v) is 2.36. The third-order valence-electron chi connectivity index (χ3n) is 4.03. The van der Waals surface area contributed by atoms with Crippen molar-refractivity contribution >= 4 is 18.0 Å². The summed E-state index contributed by atoms with van der Waals surface area (Å²) in [6.45, 7) is 7.16. The molecule has 0 heterocycles. The van der Waals surface area contributed by atoms with Gasteiger partial charge in [0.2, 0.25) is 5.91 Å². The smallest absolute Gasteiger partial charge is 0.408 e.